The molecule has 0 saturated heterocycles. The Morgan fingerprint density at radius 3 is 3.25 bits per heavy atom. The zero-order valence-corrected chi connectivity index (χ0v) is 5.33. The molecule has 0 radical (unpaired) electrons. The van der Waals surface area contributed by atoms with E-state index in [0.717, 1.165) is 5.95 Å². The summed E-state index contributed by atoms with van der Waals surface area (Å²) >= 11 is 1.52. The molecule has 0 unspecified atom stereocenters. The topological polar surface area (TPSA) is 40.7 Å². The molecule has 0 fully saturated rings. The van der Waals surface area contributed by atoms with E-state index in [1.165, 1.54) is 11.9 Å². The van der Waals surface area contributed by atoms with E-state index < -0.39 is 0 Å². The first-order valence-corrected chi connectivity index (χ1v) is 3.44. The van der Waals surface area contributed by atoms with Gasteiger partial charge in [0, 0.05) is 18.6 Å². The molecule has 8 heavy (non-hydrogen) atoms. The van der Waals surface area contributed by atoms with E-state index >= 15 is 0 Å². The van der Waals surface area contributed by atoms with Crippen LogP contribution >= 0.6 is 11.9 Å². The molecule has 1 rings (SSSR count). The highest BCUT2D eigenvalue weighted by molar-refractivity contribution is 7.99. The predicted octanol–water partition coefficient (Wildman–Crippen LogP) is 1.10. The lowest BCUT2D eigenvalue weighted by molar-refractivity contribution is 1.33. The average Bonchev–Trinajstić information content (AvgIpc) is 2.19. The van der Waals surface area contributed by atoms with Crippen LogP contribution in [-0.2, 0) is 0 Å². The summed E-state index contributed by atoms with van der Waals surface area (Å²) in [6.07, 6.45) is 5.43. The molecule has 4 heteroatoms. The molecule has 0 spiro atoms. The molecular weight excluding hydrogens is 122 g/mol. The van der Waals surface area contributed by atoms with Crippen LogP contribution in [0.15, 0.2) is 12.4 Å². The average molecular weight is 129 g/mol. The molecule has 2 N–H and O–H groups in total. The van der Waals surface area contributed by atoms with Crippen molar-refractivity contribution in [1.82, 2.24) is 9.97 Å². The number of anilines is 1. The van der Waals surface area contributed by atoms with Crippen LogP contribution in [-0.4, -0.2) is 16.2 Å². The minimum atomic E-state index is 0.803. The van der Waals surface area contributed by atoms with Crippen molar-refractivity contribution in [3.05, 3.63) is 12.4 Å². The summed E-state index contributed by atoms with van der Waals surface area (Å²) in [7, 11) is 0. The molecule has 0 atom stereocenters. The number of aromatic nitrogens is 2. The van der Waals surface area contributed by atoms with Crippen molar-refractivity contribution < 1.29 is 0 Å². The fourth-order valence-corrected chi connectivity index (χ4v) is 0.723. The van der Waals surface area contributed by atoms with Gasteiger partial charge in [0.15, 0.2) is 0 Å². The minimum Gasteiger partial charge on any atom is -0.330 e. The van der Waals surface area contributed by atoms with E-state index in [1.54, 1.807) is 12.4 Å². The maximum Gasteiger partial charge on any atom is 0.210 e. The van der Waals surface area contributed by atoms with E-state index in [4.69, 9.17) is 0 Å². The zero-order valence-electron chi connectivity index (χ0n) is 4.51. The summed E-state index contributed by atoms with van der Waals surface area (Å²) in [6, 6.07) is 0. The third-order valence-corrected chi connectivity index (χ3v) is 1.09. The van der Waals surface area contributed by atoms with Gasteiger partial charge < -0.3 is 9.71 Å². The Kier molecular flexibility index (Phi) is 1.80. The molecule has 44 valence electrons. The van der Waals surface area contributed by atoms with Gasteiger partial charge in [-0.3, -0.25) is 0 Å². The van der Waals surface area contributed by atoms with Crippen molar-refractivity contribution in [1.29, 1.82) is 0 Å². The highest BCUT2D eigenvalue weighted by atomic mass is 32.2. The molecule has 1 heterocycles. The predicted molar refractivity (Wildman–Crippen MR) is 35.7 cm³/mol. The molecule has 1 aromatic heterocycles. The summed E-state index contributed by atoms with van der Waals surface area (Å²) < 4.78 is 2.94. The number of hydrogen-bond donors (Lipinski definition) is 2. The Morgan fingerprint density at radius 1 is 1.88 bits per heavy atom. The SMILES string of the molecule is CSNc1ncc[nH]1. The minimum absolute atomic E-state index is 0.803. The molecule has 0 bridgehead atoms. The van der Waals surface area contributed by atoms with Gasteiger partial charge in [-0.15, -0.1) is 0 Å². The Hall–Kier alpha value is -0.640. The highest BCUT2D eigenvalue weighted by Gasteiger charge is 1.85. The third kappa shape index (κ3) is 1.16. The van der Waals surface area contributed by atoms with Gasteiger partial charge in [-0.05, 0) is 0 Å². The molecule has 1 aromatic rings. The van der Waals surface area contributed by atoms with Crippen LogP contribution < -0.4 is 4.72 Å². The van der Waals surface area contributed by atoms with E-state index in [1.807, 2.05) is 6.26 Å². The van der Waals surface area contributed by atoms with Gasteiger partial charge in [0.2, 0.25) is 5.95 Å². The smallest absolute Gasteiger partial charge is 0.210 e. The van der Waals surface area contributed by atoms with Gasteiger partial charge in [0.05, 0.1) is 0 Å². The Morgan fingerprint density at radius 2 is 2.75 bits per heavy atom. The van der Waals surface area contributed by atoms with E-state index in [0.29, 0.717) is 0 Å². The maximum atomic E-state index is 3.92. The van der Waals surface area contributed by atoms with E-state index in [9.17, 15) is 0 Å². The summed E-state index contributed by atoms with van der Waals surface area (Å²) in [6.45, 7) is 0. The number of rotatable bonds is 2. The van der Waals surface area contributed by atoms with Gasteiger partial charge in [0.1, 0.15) is 0 Å². The van der Waals surface area contributed by atoms with Crippen LogP contribution in [0.1, 0.15) is 0 Å². The molecule has 0 aliphatic carbocycles. The van der Waals surface area contributed by atoms with Gasteiger partial charge in [0.25, 0.3) is 0 Å². The fraction of sp³-hybridized carbons (Fsp3) is 0.250. The second-order valence-corrected chi connectivity index (χ2v) is 1.86. The number of imidazole rings is 1. The Labute approximate surface area is 52.0 Å². The first-order chi connectivity index (χ1) is 3.93. The zero-order chi connectivity index (χ0) is 5.82. The lowest BCUT2D eigenvalue weighted by atomic mass is 11.0. The molecule has 0 aliphatic heterocycles. The largest absolute Gasteiger partial charge is 0.330 e. The molecule has 3 nitrogen and oxygen atoms in total. The first-order valence-electron chi connectivity index (χ1n) is 2.22. The van der Waals surface area contributed by atoms with Gasteiger partial charge in [-0.2, -0.15) is 0 Å². The number of H-pyrrole nitrogens is 1. The van der Waals surface area contributed by atoms with Gasteiger partial charge in [-0.25, -0.2) is 4.98 Å². The van der Waals surface area contributed by atoms with Crippen LogP contribution in [0.5, 0.6) is 0 Å². The van der Waals surface area contributed by atoms with Crippen LogP contribution in [0, 0.1) is 0 Å². The van der Waals surface area contributed by atoms with Crippen LogP contribution in [0.4, 0.5) is 5.95 Å². The van der Waals surface area contributed by atoms with Crippen molar-refractivity contribution in [3.63, 3.8) is 0 Å². The normalized spacial score (nSPS) is 9.12. The van der Waals surface area contributed by atoms with Crippen molar-refractivity contribution in [2.75, 3.05) is 11.0 Å². The van der Waals surface area contributed by atoms with Gasteiger partial charge >= 0.3 is 0 Å². The standard InChI is InChI=1S/C4H7N3S/c1-8-7-4-5-2-3-6-4/h2-3H,1H3,(H2,5,6,7). The third-order valence-electron chi connectivity index (χ3n) is 0.697. The van der Waals surface area contributed by atoms with Gasteiger partial charge in [-0.1, -0.05) is 11.9 Å². The summed E-state index contributed by atoms with van der Waals surface area (Å²) in [5.41, 5.74) is 0. The monoisotopic (exact) mass is 129 g/mol. The Balaban J connectivity index is 2.50. The maximum absolute atomic E-state index is 3.92. The van der Waals surface area contributed by atoms with Crippen molar-refractivity contribution in [2.24, 2.45) is 0 Å². The number of nitrogens with one attached hydrogen (secondary N) is 2. The lowest BCUT2D eigenvalue weighted by Crippen LogP contribution is -1.84. The van der Waals surface area contributed by atoms with Crippen molar-refractivity contribution in [2.45, 2.75) is 0 Å². The van der Waals surface area contributed by atoms with Crippen LogP contribution in [0.2, 0.25) is 0 Å². The molecule has 0 amide bonds. The second-order valence-electron chi connectivity index (χ2n) is 1.24. The summed E-state index contributed by atoms with van der Waals surface area (Å²) in [5, 5.41) is 0. The first kappa shape index (κ1) is 5.50. The quantitative estimate of drug-likeness (QED) is 0.587. The number of hydrogen-bond acceptors (Lipinski definition) is 3. The van der Waals surface area contributed by atoms with Crippen LogP contribution in [0.3, 0.4) is 0 Å². The van der Waals surface area contributed by atoms with Crippen molar-refractivity contribution >= 4 is 17.9 Å². The molecular formula is C4H7N3S. The van der Waals surface area contributed by atoms with Crippen LogP contribution in [0.25, 0.3) is 0 Å². The summed E-state index contributed by atoms with van der Waals surface area (Å²) in [5.74, 6) is 0.803. The van der Waals surface area contributed by atoms with Crippen molar-refractivity contribution in [3.8, 4) is 0 Å². The van der Waals surface area contributed by atoms with E-state index in [2.05, 4.69) is 14.7 Å². The summed E-state index contributed by atoms with van der Waals surface area (Å²) in [4.78, 5) is 6.81. The number of aromatic amines is 1. The lowest BCUT2D eigenvalue weighted by Gasteiger charge is -1.91. The molecule has 0 aromatic carbocycles. The molecule has 0 saturated carbocycles. The fourth-order valence-electron chi connectivity index (χ4n) is 0.418. The molecule has 0 aliphatic rings. The Bertz CT molecular complexity index is 137. The highest BCUT2D eigenvalue weighted by Crippen LogP contribution is 1.99. The number of nitrogens with zero attached hydrogens (tertiary/aromatic N) is 1. The second kappa shape index (κ2) is 2.61. The van der Waals surface area contributed by atoms with E-state index in [-0.39, 0.29) is 0 Å².